The molecule has 5 heteroatoms. The van der Waals surface area contributed by atoms with Gasteiger partial charge in [-0.2, -0.15) is 5.10 Å². The fourth-order valence-electron chi connectivity index (χ4n) is 2.59. The highest BCUT2D eigenvalue weighted by Crippen LogP contribution is 2.16. The van der Waals surface area contributed by atoms with Gasteiger partial charge in [-0.25, -0.2) is 0 Å². The number of nitrogens with zero attached hydrogens (tertiary/aromatic N) is 3. The van der Waals surface area contributed by atoms with Crippen LogP contribution >= 0.6 is 0 Å². The Balaban J connectivity index is 1.53. The molecular formula is C20H24N4O. The molecule has 3 aromatic rings. The summed E-state index contributed by atoms with van der Waals surface area (Å²) < 4.78 is 7.82. The Labute approximate surface area is 148 Å². The zero-order valence-electron chi connectivity index (χ0n) is 14.7. The van der Waals surface area contributed by atoms with Gasteiger partial charge >= 0.3 is 0 Å². The SMILES string of the molecule is C[C@H](NCc1cccc(OCc2ccccn2)c1)[C@H](C)n1cccn1. The van der Waals surface area contributed by atoms with Crippen molar-refractivity contribution in [3.8, 4) is 5.75 Å². The largest absolute Gasteiger partial charge is 0.487 e. The number of rotatable bonds is 8. The second-order valence-corrected chi connectivity index (χ2v) is 6.15. The van der Waals surface area contributed by atoms with Crippen molar-refractivity contribution in [3.63, 3.8) is 0 Å². The van der Waals surface area contributed by atoms with Gasteiger partial charge in [0.1, 0.15) is 12.4 Å². The molecule has 130 valence electrons. The zero-order valence-corrected chi connectivity index (χ0v) is 14.7. The maximum atomic E-state index is 5.84. The summed E-state index contributed by atoms with van der Waals surface area (Å²) in [6.45, 7) is 5.60. The fraction of sp³-hybridized carbons (Fsp3) is 0.300. The number of nitrogens with one attached hydrogen (secondary N) is 1. The van der Waals surface area contributed by atoms with E-state index in [0.29, 0.717) is 18.7 Å². The van der Waals surface area contributed by atoms with Crippen molar-refractivity contribution in [1.82, 2.24) is 20.1 Å². The predicted molar refractivity (Wildman–Crippen MR) is 98.3 cm³/mol. The lowest BCUT2D eigenvalue weighted by atomic mass is 10.1. The average molecular weight is 336 g/mol. The highest BCUT2D eigenvalue weighted by molar-refractivity contribution is 5.28. The van der Waals surface area contributed by atoms with Crippen LogP contribution in [0.5, 0.6) is 5.75 Å². The molecule has 0 aliphatic heterocycles. The van der Waals surface area contributed by atoms with Crippen LogP contribution in [0.15, 0.2) is 67.1 Å². The first-order valence-electron chi connectivity index (χ1n) is 8.56. The molecule has 0 saturated heterocycles. The molecule has 0 radical (unpaired) electrons. The normalized spacial score (nSPS) is 13.4. The van der Waals surface area contributed by atoms with Crippen molar-refractivity contribution in [1.29, 1.82) is 0 Å². The van der Waals surface area contributed by atoms with Crippen molar-refractivity contribution in [3.05, 3.63) is 78.4 Å². The molecule has 0 aliphatic rings. The number of pyridine rings is 1. The molecule has 0 amide bonds. The number of hydrogen-bond donors (Lipinski definition) is 1. The van der Waals surface area contributed by atoms with E-state index in [1.807, 2.05) is 53.5 Å². The smallest absolute Gasteiger partial charge is 0.130 e. The van der Waals surface area contributed by atoms with Crippen molar-refractivity contribution in [2.45, 2.75) is 39.1 Å². The van der Waals surface area contributed by atoms with E-state index in [1.54, 1.807) is 6.20 Å². The number of hydrogen-bond acceptors (Lipinski definition) is 4. The molecular weight excluding hydrogens is 312 g/mol. The topological polar surface area (TPSA) is 52.0 Å². The van der Waals surface area contributed by atoms with Gasteiger partial charge in [0.05, 0.1) is 11.7 Å². The standard InChI is InChI=1S/C20H24N4O/c1-16(17(2)24-12-6-11-23-24)22-14-18-7-5-9-20(13-18)25-15-19-8-3-4-10-21-19/h3-13,16-17,22H,14-15H2,1-2H3/t16-,17-/m0/s1. The summed E-state index contributed by atoms with van der Waals surface area (Å²) in [7, 11) is 0. The molecule has 1 N–H and O–H groups in total. The average Bonchev–Trinajstić information content (AvgIpc) is 3.20. The van der Waals surface area contributed by atoms with Crippen LogP contribution in [0.3, 0.4) is 0 Å². The summed E-state index contributed by atoms with van der Waals surface area (Å²) in [5.74, 6) is 0.859. The van der Waals surface area contributed by atoms with Crippen LogP contribution in [0.1, 0.15) is 31.1 Å². The molecule has 2 aromatic heterocycles. The predicted octanol–water partition coefficient (Wildman–Crippen LogP) is 3.60. The van der Waals surface area contributed by atoms with E-state index in [2.05, 4.69) is 41.4 Å². The van der Waals surface area contributed by atoms with Crippen molar-refractivity contribution in [2.24, 2.45) is 0 Å². The van der Waals surface area contributed by atoms with E-state index in [1.165, 1.54) is 5.56 Å². The van der Waals surface area contributed by atoms with E-state index < -0.39 is 0 Å². The van der Waals surface area contributed by atoms with E-state index in [9.17, 15) is 0 Å². The van der Waals surface area contributed by atoms with E-state index in [0.717, 1.165) is 18.0 Å². The van der Waals surface area contributed by atoms with Crippen molar-refractivity contribution >= 4 is 0 Å². The lowest BCUT2D eigenvalue weighted by Crippen LogP contribution is -2.33. The Kier molecular flexibility index (Phi) is 5.80. The third kappa shape index (κ3) is 4.90. The maximum Gasteiger partial charge on any atom is 0.130 e. The molecule has 1 aromatic carbocycles. The second-order valence-electron chi connectivity index (χ2n) is 6.15. The van der Waals surface area contributed by atoms with Crippen LogP contribution in [0, 0.1) is 0 Å². The van der Waals surface area contributed by atoms with Crippen LogP contribution in [-0.2, 0) is 13.2 Å². The number of ether oxygens (including phenoxy) is 1. The monoisotopic (exact) mass is 336 g/mol. The van der Waals surface area contributed by atoms with Crippen LogP contribution in [0.25, 0.3) is 0 Å². The van der Waals surface area contributed by atoms with Crippen LogP contribution < -0.4 is 10.1 Å². The molecule has 0 fully saturated rings. The maximum absolute atomic E-state index is 5.84. The van der Waals surface area contributed by atoms with Crippen molar-refractivity contribution in [2.75, 3.05) is 0 Å². The van der Waals surface area contributed by atoms with Gasteiger partial charge in [0.15, 0.2) is 0 Å². The lowest BCUT2D eigenvalue weighted by Gasteiger charge is -2.22. The second kappa shape index (κ2) is 8.44. The summed E-state index contributed by atoms with van der Waals surface area (Å²) in [5, 5.41) is 7.87. The zero-order chi connectivity index (χ0) is 17.5. The minimum atomic E-state index is 0.290. The van der Waals surface area contributed by atoms with Gasteiger partial charge in [-0.05, 0) is 49.7 Å². The van der Waals surface area contributed by atoms with Crippen LogP contribution in [0.4, 0.5) is 0 Å². The number of benzene rings is 1. The minimum absolute atomic E-state index is 0.290. The molecule has 25 heavy (non-hydrogen) atoms. The minimum Gasteiger partial charge on any atom is -0.487 e. The lowest BCUT2D eigenvalue weighted by molar-refractivity contribution is 0.300. The first-order valence-corrected chi connectivity index (χ1v) is 8.56. The van der Waals surface area contributed by atoms with Gasteiger partial charge in [-0.3, -0.25) is 9.67 Å². The summed E-state index contributed by atoms with van der Waals surface area (Å²) in [5.41, 5.74) is 2.12. The highest BCUT2D eigenvalue weighted by atomic mass is 16.5. The summed E-state index contributed by atoms with van der Waals surface area (Å²) >= 11 is 0. The summed E-state index contributed by atoms with van der Waals surface area (Å²) in [4.78, 5) is 4.27. The Hall–Kier alpha value is -2.66. The van der Waals surface area contributed by atoms with Gasteiger partial charge in [0, 0.05) is 31.2 Å². The van der Waals surface area contributed by atoms with E-state index >= 15 is 0 Å². The van der Waals surface area contributed by atoms with Crippen molar-refractivity contribution < 1.29 is 4.74 Å². The van der Waals surface area contributed by atoms with Gasteiger partial charge in [-0.1, -0.05) is 18.2 Å². The fourth-order valence-corrected chi connectivity index (χ4v) is 2.59. The van der Waals surface area contributed by atoms with Crippen LogP contribution in [0.2, 0.25) is 0 Å². The first kappa shape index (κ1) is 17.2. The Morgan fingerprint density at radius 2 is 2.00 bits per heavy atom. The molecule has 2 heterocycles. The molecule has 0 bridgehead atoms. The molecule has 0 aliphatic carbocycles. The third-order valence-corrected chi connectivity index (χ3v) is 4.31. The molecule has 0 spiro atoms. The summed E-state index contributed by atoms with van der Waals surface area (Å²) in [6.07, 6.45) is 5.59. The Bertz CT molecular complexity index is 758. The van der Waals surface area contributed by atoms with E-state index in [-0.39, 0.29) is 0 Å². The van der Waals surface area contributed by atoms with Crippen LogP contribution in [-0.4, -0.2) is 20.8 Å². The van der Waals surface area contributed by atoms with Gasteiger partial charge < -0.3 is 10.1 Å². The highest BCUT2D eigenvalue weighted by Gasteiger charge is 2.13. The molecule has 2 atom stereocenters. The molecule has 5 nitrogen and oxygen atoms in total. The van der Waals surface area contributed by atoms with Gasteiger partial charge in [-0.15, -0.1) is 0 Å². The Morgan fingerprint density at radius 1 is 1.08 bits per heavy atom. The Morgan fingerprint density at radius 3 is 2.76 bits per heavy atom. The van der Waals surface area contributed by atoms with E-state index in [4.69, 9.17) is 4.74 Å². The summed E-state index contributed by atoms with van der Waals surface area (Å²) in [6, 6.07) is 16.5. The molecule has 0 saturated carbocycles. The number of aromatic nitrogens is 3. The molecule has 3 rings (SSSR count). The quantitative estimate of drug-likeness (QED) is 0.683. The van der Waals surface area contributed by atoms with Gasteiger partial charge in [0.25, 0.3) is 0 Å². The molecule has 0 unspecified atom stereocenters. The van der Waals surface area contributed by atoms with Gasteiger partial charge in [0.2, 0.25) is 0 Å². The first-order chi connectivity index (χ1) is 12.2. The third-order valence-electron chi connectivity index (χ3n) is 4.31.